The summed E-state index contributed by atoms with van der Waals surface area (Å²) < 4.78 is 9.69. The Morgan fingerprint density at radius 2 is 1.59 bits per heavy atom. The van der Waals surface area contributed by atoms with Crippen LogP contribution in [-0.2, 0) is 27.2 Å². The van der Waals surface area contributed by atoms with Gasteiger partial charge in [0, 0.05) is 13.5 Å². The molecule has 0 fully saturated rings. The van der Waals surface area contributed by atoms with Crippen LogP contribution in [0.3, 0.4) is 0 Å². The lowest BCUT2D eigenvalue weighted by molar-refractivity contribution is -0.145. The lowest BCUT2D eigenvalue weighted by Crippen LogP contribution is -2.50. The summed E-state index contributed by atoms with van der Waals surface area (Å²) in [7, 11) is 2.52. The number of hydrogen-bond acceptors (Lipinski definition) is 9. The van der Waals surface area contributed by atoms with Gasteiger partial charge in [0.25, 0.3) is 0 Å². The molecule has 0 aliphatic heterocycles. The van der Waals surface area contributed by atoms with Gasteiger partial charge >= 0.3 is 12.1 Å². The Bertz CT molecular complexity index is 995. The Morgan fingerprint density at radius 1 is 0.969 bits per heavy atom. The van der Waals surface area contributed by atoms with Crippen LogP contribution in [0.5, 0.6) is 23.0 Å². The number of carbonyl (C=O) groups excluding carboxylic acids is 3. The van der Waals surface area contributed by atoms with Gasteiger partial charge in [-0.05, 0) is 41.8 Å². The van der Waals surface area contributed by atoms with Gasteiger partial charge in [0.1, 0.15) is 6.04 Å². The maximum Gasteiger partial charge on any atom is 0.412 e. The van der Waals surface area contributed by atoms with Crippen LogP contribution < -0.4 is 21.1 Å². The Balaban J connectivity index is 2.12. The summed E-state index contributed by atoms with van der Waals surface area (Å²) in [5.74, 6) is -2.42. The van der Waals surface area contributed by atoms with E-state index in [1.807, 2.05) is 0 Å². The van der Waals surface area contributed by atoms with Crippen LogP contribution in [0, 0.1) is 0 Å². The van der Waals surface area contributed by atoms with E-state index in [4.69, 9.17) is 15.2 Å². The average Bonchev–Trinajstić information content (AvgIpc) is 2.77. The molecular weight excluding hydrogens is 422 g/mol. The molecule has 2 aromatic carbocycles. The van der Waals surface area contributed by atoms with Crippen LogP contribution in [0.2, 0.25) is 0 Å². The van der Waals surface area contributed by atoms with Crippen molar-refractivity contribution in [2.24, 2.45) is 5.73 Å². The molecule has 0 bridgehead atoms. The van der Waals surface area contributed by atoms with Gasteiger partial charge < -0.3 is 41.2 Å². The molecule has 2 rings (SSSR count). The zero-order valence-electron chi connectivity index (χ0n) is 17.5. The number of nitrogens with two attached hydrogens (primary N) is 1. The predicted octanol–water partition coefficient (Wildman–Crippen LogP) is 0.292. The van der Waals surface area contributed by atoms with E-state index in [9.17, 15) is 29.7 Å². The maximum absolute atomic E-state index is 12.6. The first-order valence-corrected chi connectivity index (χ1v) is 9.50. The first-order valence-electron chi connectivity index (χ1n) is 9.50. The summed E-state index contributed by atoms with van der Waals surface area (Å²) in [6.45, 7) is 0. The van der Waals surface area contributed by atoms with Gasteiger partial charge in [0.2, 0.25) is 5.91 Å². The van der Waals surface area contributed by atoms with E-state index >= 15 is 0 Å². The van der Waals surface area contributed by atoms with Crippen molar-refractivity contribution in [1.82, 2.24) is 10.6 Å². The second-order valence-corrected chi connectivity index (χ2v) is 6.86. The van der Waals surface area contributed by atoms with Gasteiger partial charge in [-0.2, -0.15) is 0 Å². The molecule has 32 heavy (non-hydrogen) atoms. The topological polar surface area (TPSA) is 180 Å². The number of esters is 1. The highest BCUT2D eigenvalue weighted by Gasteiger charge is 2.25. The second-order valence-electron chi connectivity index (χ2n) is 6.86. The Labute approximate surface area is 183 Å². The van der Waals surface area contributed by atoms with Gasteiger partial charge in [-0.25, -0.2) is 9.59 Å². The molecule has 0 radical (unpaired) electrons. The van der Waals surface area contributed by atoms with Crippen molar-refractivity contribution in [2.45, 2.75) is 24.9 Å². The van der Waals surface area contributed by atoms with Crippen LogP contribution in [0.4, 0.5) is 4.79 Å². The second kappa shape index (κ2) is 10.9. The van der Waals surface area contributed by atoms with E-state index in [1.54, 1.807) is 0 Å². The number of phenolic OH excluding ortho intramolecular Hbond substituents is 3. The molecule has 0 saturated carbocycles. The summed E-state index contributed by atoms with van der Waals surface area (Å²) in [5, 5.41) is 33.6. The summed E-state index contributed by atoms with van der Waals surface area (Å²) >= 11 is 0. The lowest BCUT2D eigenvalue weighted by atomic mass is 10.0. The number of phenols is 3. The first kappa shape index (κ1) is 24.3. The quantitative estimate of drug-likeness (QED) is 0.245. The van der Waals surface area contributed by atoms with Crippen molar-refractivity contribution < 1.29 is 39.2 Å². The molecule has 0 aromatic heterocycles. The van der Waals surface area contributed by atoms with Crippen molar-refractivity contribution in [3.05, 3.63) is 47.5 Å². The number of benzene rings is 2. The van der Waals surface area contributed by atoms with Crippen molar-refractivity contribution in [3.63, 3.8) is 0 Å². The van der Waals surface area contributed by atoms with Gasteiger partial charge in [0.05, 0.1) is 13.2 Å². The molecule has 0 aliphatic rings. The molecule has 2 atom stereocenters. The summed E-state index contributed by atoms with van der Waals surface area (Å²) in [4.78, 5) is 36.2. The van der Waals surface area contributed by atoms with E-state index in [0.29, 0.717) is 11.1 Å². The van der Waals surface area contributed by atoms with Gasteiger partial charge in [0.15, 0.2) is 23.0 Å². The standard InChI is InChI=1S/C21H25N3O8/c1-23-21(30)32-18-10-12(4-6-16(18)26)8-14(20(29)31-2)24-19(28)13(22)7-11-3-5-15(25)17(27)9-11/h3-6,9-10,13-14,25-27H,7-8,22H2,1-2H3,(H,23,30)(H,24,28). The minimum Gasteiger partial charge on any atom is -0.504 e. The smallest absolute Gasteiger partial charge is 0.412 e. The van der Waals surface area contributed by atoms with E-state index in [2.05, 4.69) is 10.6 Å². The zero-order chi connectivity index (χ0) is 23.8. The van der Waals surface area contributed by atoms with Crippen molar-refractivity contribution in [2.75, 3.05) is 14.2 Å². The van der Waals surface area contributed by atoms with E-state index in [-0.39, 0.29) is 35.8 Å². The molecule has 0 heterocycles. The van der Waals surface area contributed by atoms with E-state index in [0.717, 1.165) is 7.11 Å². The monoisotopic (exact) mass is 447 g/mol. The highest BCUT2D eigenvalue weighted by molar-refractivity contribution is 5.87. The first-order chi connectivity index (χ1) is 15.1. The fourth-order valence-electron chi connectivity index (χ4n) is 2.81. The third kappa shape index (κ3) is 6.51. The molecule has 0 aliphatic carbocycles. The molecule has 172 valence electrons. The summed E-state index contributed by atoms with van der Waals surface area (Å²) in [5.41, 5.74) is 6.90. The Morgan fingerprint density at radius 3 is 2.19 bits per heavy atom. The molecule has 11 heteroatoms. The largest absolute Gasteiger partial charge is 0.504 e. The predicted molar refractivity (Wildman–Crippen MR) is 112 cm³/mol. The number of methoxy groups -OCH3 is 1. The van der Waals surface area contributed by atoms with E-state index in [1.165, 1.54) is 43.4 Å². The third-order valence-corrected chi connectivity index (χ3v) is 4.51. The lowest BCUT2D eigenvalue weighted by Gasteiger charge is -2.20. The fraction of sp³-hybridized carbons (Fsp3) is 0.286. The van der Waals surface area contributed by atoms with Crippen molar-refractivity contribution in [3.8, 4) is 23.0 Å². The molecule has 7 N–H and O–H groups in total. The van der Waals surface area contributed by atoms with Gasteiger partial charge in [-0.15, -0.1) is 0 Å². The number of amides is 2. The fourth-order valence-corrected chi connectivity index (χ4v) is 2.81. The molecule has 0 saturated heterocycles. The number of aromatic hydroxyl groups is 3. The van der Waals surface area contributed by atoms with Gasteiger partial charge in [-0.3, -0.25) is 4.79 Å². The normalized spacial score (nSPS) is 12.3. The molecule has 11 nitrogen and oxygen atoms in total. The molecular formula is C21H25N3O8. The van der Waals surface area contributed by atoms with Crippen LogP contribution in [0.15, 0.2) is 36.4 Å². The number of hydrogen-bond donors (Lipinski definition) is 6. The number of carbonyl (C=O) groups is 3. The highest BCUT2D eigenvalue weighted by atomic mass is 16.6. The number of ether oxygens (including phenoxy) is 2. The Kier molecular flexibility index (Phi) is 8.24. The summed E-state index contributed by atoms with van der Waals surface area (Å²) in [6, 6.07) is 6.03. The van der Waals surface area contributed by atoms with Crippen LogP contribution in [0.25, 0.3) is 0 Å². The summed E-state index contributed by atoms with van der Waals surface area (Å²) in [6.07, 6.45) is -0.784. The molecule has 2 amide bonds. The van der Waals surface area contributed by atoms with Crippen LogP contribution in [-0.4, -0.2) is 59.5 Å². The minimum atomic E-state index is -1.11. The molecule has 0 spiro atoms. The molecule has 2 unspecified atom stereocenters. The minimum absolute atomic E-state index is 0.0322. The number of nitrogens with one attached hydrogen (secondary N) is 2. The SMILES string of the molecule is CNC(=O)Oc1cc(CC(NC(=O)C(N)Cc2ccc(O)c(O)c2)C(=O)OC)ccc1O. The Hall–Kier alpha value is -3.99. The van der Waals surface area contributed by atoms with Crippen LogP contribution in [0.1, 0.15) is 11.1 Å². The van der Waals surface area contributed by atoms with Crippen LogP contribution >= 0.6 is 0 Å². The molecule has 2 aromatic rings. The van der Waals surface area contributed by atoms with Crippen molar-refractivity contribution >= 4 is 18.0 Å². The zero-order valence-corrected chi connectivity index (χ0v) is 17.5. The van der Waals surface area contributed by atoms with Crippen molar-refractivity contribution in [1.29, 1.82) is 0 Å². The third-order valence-electron chi connectivity index (χ3n) is 4.51. The highest BCUT2D eigenvalue weighted by Crippen LogP contribution is 2.28. The van der Waals surface area contributed by atoms with Gasteiger partial charge in [-0.1, -0.05) is 12.1 Å². The maximum atomic E-state index is 12.6. The average molecular weight is 447 g/mol. The van der Waals surface area contributed by atoms with E-state index < -0.39 is 30.1 Å². The number of rotatable bonds is 8.